The summed E-state index contributed by atoms with van der Waals surface area (Å²) in [4.78, 5) is 16.1. The van der Waals surface area contributed by atoms with Crippen molar-refractivity contribution < 1.29 is 4.79 Å². The highest BCUT2D eigenvalue weighted by atomic mass is 16.2. The third-order valence-electron chi connectivity index (χ3n) is 3.76. The maximum absolute atomic E-state index is 12.0. The number of hydrogen-bond donors (Lipinski definition) is 1. The smallest absolute Gasteiger partial charge is 0.289 e. The molecule has 3 rings (SSSR count). The molecule has 1 amide bonds. The summed E-state index contributed by atoms with van der Waals surface area (Å²) in [7, 11) is 1.98. The molecule has 0 fully saturated rings. The van der Waals surface area contributed by atoms with E-state index in [1.54, 1.807) is 18.5 Å². The number of rotatable bonds is 4. The molecule has 0 saturated carbocycles. The molecule has 0 spiro atoms. The molecule has 2 aromatic heterocycles. The van der Waals surface area contributed by atoms with Crippen LogP contribution < -0.4 is 5.43 Å². The van der Waals surface area contributed by atoms with Crippen LogP contribution in [0.2, 0.25) is 0 Å². The SMILES string of the molecule is CCc1ccc(C(=O)NN=Cc2cn(C)c3ccccc23)nc1. The molecule has 5 nitrogen and oxygen atoms in total. The molecule has 0 unspecified atom stereocenters. The van der Waals surface area contributed by atoms with Gasteiger partial charge in [0.2, 0.25) is 0 Å². The van der Waals surface area contributed by atoms with Gasteiger partial charge in [0.15, 0.2) is 0 Å². The van der Waals surface area contributed by atoms with E-state index < -0.39 is 0 Å². The summed E-state index contributed by atoms with van der Waals surface area (Å²) < 4.78 is 2.03. The van der Waals surface area contributed by atoms with E-state index in [2.05, 4.69) is 15.5 Å². The van der Waals surface area contributed by atoms with Crippen molar-refractivity contribution in [3.05, 3.63) is 65.6 Å². The van der Waals surface area contributed by atoms with Crippen molar-refractivity contribution in [1.29, 1.82) is 0 Å². The topological polar surface area (TPSA) is 59.3 Å². The van der Waals surface area contributed by atoms with Gasteiger partial charge >= 0.3 is 0 Å². The van der Waals surface area contributed by atoms with Crippen LogP contribution in [0.4, 0.5) is 0 Å². The Morgan fingerprint density at radius 2 is 2.13 bits per heavy atom. The average molecular weight is 306 g/mol. The van der Waals surface area contributed by atoms with Gasteiger partial charge in [-0.1, -0.05) is 31.2 Å². The largest absolute Gasteiger partial charge is 0.350 e. The third-order valence-corrected chi connectivity index (χ3v) is 3.76. The molecule has 0 bridgehead atoms. The minimum atomic E-state index is -0.316. The van der Waals surface area contributed by atoms with Crippen LogP contribution in [0.15, 0.2) is 53.9 Å². The molecule has 0 saturated heterocycles. The number of aromatic nitrogens is 2. The second kappa shape index (κ2) is 6.44. The Hall–Kier alpha value is -2.95. The number of carbonyl (C=O) groups excluding carboxylic acids is 1. The number of amides is 1. The van der Waals surface area contributed by atoms with Crippen molar-refractivity contribution >= 4 is 23.0 Å². The Morgan fingerprint density at radius 3 is 2.87 bits per heavy atom. The van der Waals surface area contributed by atoms with Crippen LogP contribution in [-0.2, 0) is 13.5 Å². The minimum absolute atomic E-state index is 0.316. The number of pyridine rings is 1. The summed E-state index contributed by atoms with van der Waals surface area (Å²) in [6.07, 6.45) is 6.24. The van der Waals surface area contributed by atoms with E-state index in [1.807, 2.05) is 55.1 Å². The van der Waals surface area contributed by atoms with Gasteiger partial charge in [-0.25, -0.2) is 5.43 Å². The van der Waals surface area contributed by atoms with Crippen molar-refractivity contribution in [3.8, 4) is 0 Å². The Kier molecular flexibility index (Phi) is 4.19. The van der Waals surface area contributed by atoms with Crippen molar-refractivity contribution in [3.63, 3.8) is 0 Å². The normalized spacial score (nSPS) is 11.2. The lowest BCUT2D eigenvalue weighted by molar-refractivity contribution is 0.0950. The van der Waals surface area contributed by atoms with E-state index in [1.165, 1.54) is 0 Å². The van der Waals surface area contributed by atoms with Crippen LogP contribution in [0.25, 0.3) is 10.9 Å². The fourth-order valence-corrected chi connectivity index (χ4v) is 2.46. The fourth-order valence-electron chi connectivity index (χ4n) is 2.46. The van der Waals surface area contributed by atoms with Gasteiger partial charge in [0.1, 0.15) is 5.69 Å². The number of para-hydroxylation sites is 1. The van der Waals surface area contributed by atoms with Gasteiger partial charge in [0.25, 0.3) is 5.91 Å². The number of hydrogen-bond acceptors (Lipinski definition) is 3. The minimum Gasteiger partial charge on any atom is -0.350 e. The van der Waals surface area contributed by atoms with Crippen LogP contribution in [0.1, 0.15) is 28.5 Å². The van der Waals surface area contributed by atoms with Crippen molar-refractivity contribution in [2.24, 2.45) is 12.1 Å². The molecular weight excluding hydrogens is 288 g/mol. The molecule has 5 heteroatoms. The summed E-state index contributed by atoms with van der Waals surface area (Å²) in [5.74, 6) is -0.316. The van der Waals surface area contributed by atoms with Crippen LogP contribution >= 0.6 is 0 Å². The van der Waals surface area contributed by atoms with Gasteiger partial charge in [-0.3, -0.25) is 9.78 Å². The Labute approximate surface area is 134 Å². The lowest BCUT2D eigenvalue weighted by Crippen LogP contribution is -2.18. The van der Waals surface area contributed by atoms with E-state index in [-0.39, 0.29) is 5.91 Å². The number of hydrazone groups is 1. The number of aryl methyl sites for hydroxylation is 2. The second-order valence-corrected chi connectivity index (χ2v) is 5.32. The summed E-state index contributed by atoms with van der Waals surface area (Å²) in [5.41, 5.74) is 6.05. The first-order valence-electron chi connectivity index (χ1n) is 7.51. The summed E-state index contributed by atoms with van der Waals surface area (Å²) in [6.45, 7) is 2.05. The molecule has 0 atom stereocenters. The van der Waals surface area contributed by atoms with Crippen LogP contribution in [0, 0.1) is 0 Å². The van der Waals surface area contributed by atoms with Crippen molar-refractivity contribution in [2.45, 2.75) is 13.3 Å². The Morgan fingerprint density at radius 1 is 1.30 bits per heavy atom. The van der Waals surface area contributed by atoms with E-state index in [4.69, 9.17) is 0 Å². The van der Waals surface area contributed by atoms with E-state index in [9.17, 15) is 4.79 Å². The first-order chi connectivity index (χ1) is 11.2. The molecule has 23 heavy (non-hydrogen) atoms. The number of carbonyl (C=O) groups is 1. The first kappa shape index (κ1) is 15.0. The zero-order chi connectivity index (χ0) is 16.2. The van der Waals surface area contributed by atoms with Crippen LogP contribution in [-0.4, -0.2) is 21.7 Å². The number of nitrogens with one attached hydrogen (secondary N) is 1. The molecule has 0 aliphatic heterocycles. The first-order valence-corrected chi connectivity index (χ1v) is 7.51. The Bertz CT molecular complexity index is 862. The molecule has 3 aromatic rings. The summed E-state index contributed by atoms with van der Waals surface area (Å²) in [6, 6.07) is 11.7. The average Bonchev–Trinajstić information content (AvgIpc) is 2.91. The number of nitrogens with zero attached hydrogens (tertiary/aromatic N) is 3. The van der Waals surface area contributed by atoms with E-state index >= 15 is 0 Å². The predicted molar refractivity (Wildman–Crippen MR) is 91.6 cm³/mol. The standard InChI is InChI=1S/C18H18N4O/c1-3-13-8-9-16(19-10-13)18(23)21-20-11-14-12-22(2)17-7-5-4-6-15(14)17/h4-12H,3H2,1-2H3,(H,21,23). The van der Waals surface area contributed by atoms with Crippen LogP contribution in [0.3, 0.4) is 0 Å². The molecule has 1 N–H and O–H groups in total. The molecule has 2 heterocycles. The number of benzene rings is 1. The van der Waals surface area contributed by atoms with Gasteiger partial charge in [0, 0.05) is 35.9 Å². The van der Waals surface area contributed by atoms with Crippen molar-refractivity contribution in [2.75, 3.05) is 0 Å². The summed E-state index contributed by atoms with van der Waals surface area (Å²) in [5, 5.41) is 5.14. The quantitative estimate of drug-likeness (QED) is 0.595. The van der Waals surface area contributed by atoms with E-state index in [0.717, 1.165) is 28.5 Å². The summed E-state index contributed by atoms with van der Waals surface area (Å²) >= 11 is 0. The second-order valence-electron chi connectivity index (χ2n) is 5.32. The molecule has 0 radical (unpaired) electrons. The monoisotopic (exact) mass is 306 g/mol. The maximum Gasteiger partial charge on any atom is 0.289 e. The third kappa shape index (κ3) is 3.13. The van der Waals surface area contributed by atoms with Gasteiger partial charge < -0.3 is 4.57 Å². The van der Waals surface area contributed by atoms with Crippen molar-refractivity contribution in [1.82, 2.24) is 15.0 Å². The molecule has 0 aliphatic carbocycles. The zero-order valence-corrected chi connectivity index (χ0v) is 13.2. The molecule has 1 aromatic carbocycles. The highest BCUT2D eigenvalue weighted by Crippen LogP contribution is 2.18. The van der Waals surface area contributed by atoms with Gasteiger partial charge in [-0.05, 0) is 24.1 Å². The zero-order valence-electron chi connectivity index (χ0n) is 13.2. The van der Waals surface area contributed by atoms with E-state index in [0.29, 0.717) is 5.69 Å². The lowest BCUT2D eigenvalue weighted by atomic mass is 10.2. The Balaban J connectivity index is 1.73. The van der Waals surface area contributed by atoms with Gasteiger partial charge in [-0.15, -0.1) is 0 Å². The fraction of sp³-hybridized carbons (Fsp3) is 0.167. The molecule has 116 valence electrons. The van der Waals surface area contributed by atoms with Gasteiger partial charge in [-0.2, -0.15) is 5.10 Å². The molecular formula is C18H18N4O. The number of fused-ring (bicyclic) bond motifs is 1. The molecule has 0 aliphatic rings. The van der Waals surface area contributed by atoms with Crippen LogP contribution in [0.5, 0.6) is 0 Å². The lowest BCUT2D eigenvalue weighted by Gasteiger charge is -2.00. The highest BCUT2D eigenvalue weighted by molar-refractivity contribution is 6.00. The van der Waals surface area contributed by atoms with Gasteiger partial charge in [0.05, 0.1) is 6.21 Å². The highest BCUT2D eigenvalue weighted by Gasteiger charge is 2.06. The predicted octanol–water partition coefficient (Wildman–Crippen LogP) is 2.90. The maximum atomic E-state index is 12.0.